The highest BCUT2D eigenvalue weighted by Gasteiger charge is 2.48. The molecule has 3 aliphatic carbocycles. The Labute approximate surface area is 157 Å². The average molecular weight is 351 g/mol. The van der Waals surface area contributed by atoms with Crippen molar-refractivity contribution in [1.82, 2.24) is 0 Å². The summed E-state index contributed by atoms with van der Waals surface area (Å²) in [5.74, 6) is -0.170. The van der Waals surface area contributed by atoms with Gasteiger partial charge in [-0.05, 0) is 84.6 Å². The second kappa shape index (κ2) is 7.18. The lowest BCUT2D eigenvalue weighted by atomic mass is 9.51. The lowest BCUT2D eigenvalue weighted by molar-refractivity contribution is 0.0305. The third-order valence-corrected chi connectivity index (χ3v) is 7.39. The summed E-state index contributed by atoms with van der Waals surface area (Å²) < 4.78 is 13.1. The average Bonchev–Trinajstić information content (AvgIpc) is 2.70. The van der Waals surface area contributed by atoms with Crippen LogP contribution in [0.3, 0.4) is 0 Å². The number of fused-ring (bicyclic) bond motifs is 3. The number of benzene rings is 2. The minimum Gasteiger partial charge on any atom is -0.207 e. The van der Waals surface area contributed by atoms with Gasteiger partial charge in [-0.25, -0.2) is 4.39 Å². The fourth-order valence-electron chi connectivity index (χ4n) is 5.48. The van der Waals surface area contributed by atoms with E-state index in [0.29, 0.717) is 10.8 Å². The van der Waals surface area contributed by atoms with Crippen molar-refractivity contribution in [2.45, 2.75) is 76.5 Å². The predicted octanol–water partition coefficient (Wildman–Crippen LogP) is 7.67. The number of hydrogen-bond donors (Lipinski definition) is 0. The summed E-state index contributed by atoms with van der Waals surface area (Å²) in [5, 5.41) is 0. The van der Waals surface area contributed by atoms with Crippen molar-refractivity contribution < 1.29 is 4.39 Å². The molecule has 0 amide bonds. The van der Waals surface area contributed by atoms with Crippen molar-refractivity contribution in [2.24, 2.45) is 5.41 Å². The third kappa shape index (κ3) is 3.33. The highest BCUT2D eigenvalue weighted by atomic mass is 19.1. The van der Waals surface area contributed by atoms with Gasteiger partial charge in [0.05, 0.1) is 0 Å². The van der Waals surface area contributed by atoms with Crippen LogP contribution < -0.4 is 0 Å². The molecule has 0 saturated heterocycles. The molecule has 5 rings (SSSR count). The van der Waals surface area contributed by atoms with E-state index in [2.05, 4.69) is 31.2 Å². The van der Waals surface area contributed by atoms with Gasteiger partial charge in [0.1, 0.15) is 5.82 Å². The molecule has 26 heavy (non-hydrogen) atoms. The summed E-state index contributed by atoms with van der Waals surface area (Å²) in [6.07, 6.45) is 14.0. The van der Waals surface area contributed by atoms with Crippen LogP contribution >= 0.6 is 0 Å². The molecule has 138 valence electrons. The summed E-state index contributed by atoms with van der Waals surface area (Å²) in [6, 6.07) is 16.0. The first-order valence-corrected chi connectivity index (χ1v) is 10.5. The van der Waals surface area contributed by atoms with Crippen LogP contribution in [0.5, 0.6) is 0 Å². The Bertz CT molecular complexity index is 701. The molecule has 0 unspecified atom stereocenters. The lowest BCUT2D eigenvalue weighted by Gasteiger charge is -2.54. The Morgan fingerprint density at radius 3 is 1.81 bits per heavy atom. The normalized spacial score (nSPS) is 27.6. The van der Waals surface area contributed by atoms with Crippen molar-refractivity contribution in [3.8, 4) is 11.1 Å². The molecule has 0 spiro atoms. The Hall–Kier alpha value is -1.63. The second-order valence-electron chi connectivity index (χ2n) is 8.82. The number of halogens is 1. The molecule has 0 aromatic heterocycles. The van der Waals surface area contributed by atoms with Gasteiger partial charge in [0.15, 0.2) is 0 Å². The van der Waals surface area contributed by atoms with E-state index in [1.165, 1.54) is 75.3 Å². The molecular formula is C25H31F. The Balaban J connectivity index is 1.46. The first-order chi connectivity index (χ1) is 12.6. The van der Waals surface area contributed by atoms with Gasteiger partial charge in [0.2, 0.25) is 0 Å². The SMILES string of the molecule is CCCCCC12CCC(c3ccc(-c4ccc(F)cc4)cc3)(CC1)CC2. The van der Waals surface area contributed by atoms with Gasteiger partial charge < -0.3 is 0 Å². The summed E-state index contributed by atoms with van der Waals surface area (Å²) in [7, 11) is 0. The Morgan fingerprint density at radius 2 is 1.27 bits per heavy atom. The van der Waals surface area contributed by atoms with Crippen molar-refractivity contribution in [2.75, 3.05) is 0 Å². The molecule has 2 aromatic carbocycles. The van der Waals surface area contributed by atoms with E-state index in [1.807, 2.05) is 12.1 Å². The van der Waals surface area contributed by atoms with E-state index in [9.17, 15) is 4.39 Å². The monoisotopic (exact) mass is 350 g/mol. The van der Waals surface area contributed by atoms with E-state index < -0.39 is 0 Å². The van der Waals surface area contributed by atoms with Crippen LogP contribution in [0.2, 0.25) is 0 Å². The smallest absolute Gasteiger partial charge is 0.123 e. The molecule has 2 aromatic rings. The summed E-state index contributed by atoms with van der Waals surface area (Å²) in [6.45, 7) is 2.31. The summed E-state index contributed by atoms with van der Waals surface area (Å²) in [5.41, 5.74) is 4.91. The predicted molar refractivity (Wildman–Crippen MR) is 108 cm³/mol. The maximum atomic E-state index is 13.1. The van der Waals surface area contributed by atoms with Crippen LogP contribution in [0.15, 0.2) is 48.5 Å². The van der Waals surface area contributed by atoms with E-state index in [4.69, 9.17) is 0 Å². The van der Waals surface area contributed by atoms with Crippen molar-refractivity contribution >= 4 is 0 Å². The molecule has 0 heterocycles. The fraction of sp³-hybridized carbons (Fsp3) is 0.520. The Kier molecular flexibility index (Phi) is 4.90. The van der Waals surface area contributed by atoms with E-state index in [0.717, 1.165) is 5.56 Å². The van der Waals surface area contributed by atoms with Crippen LogP contribution in [0.25, 0.3) is 11.1 Å². The third-order valence-electron chi connectivity index (χ3n) is 7.39. The molecule has 0 aliphatic heterocycles. The number of unbranched alkanes of at least 4 members (excludes halogenated alkanes) is 2. The van der Waals surface area contributed by atoms with E-state index in [1.54, 1.807) is 12.1 Å². The van der Waals surface area contributed by atoms with Gasteiger partial charge >= 0.3 is 0 Å². The van der Waals surface area contributed by atoms with Crippen molar-refractivity contribution in [3.63, 3.8) is 0 Å². The first kappa shape index (κ1) is 17.8. The fourth-order valence-corrected chi connectivity index (χ4v) is 5.48. The van der Waals surface area contributed by atoms with Gasteiger partial charge in [-0.15, -0.1) is 0 Å². The summed E-state index contributed by atoms with van der Waals surface area (Å²) in [4.78, 5) is 0. The zero-order valence-electron chi connectivity index (χ0n) is 16.1. The maximum absolute atomic E-state index is 13.1. The molecule has 3 saturated carbocycles. The maximum Gasteiger partial charge on any atom is 0.123 e. The standard InChI is InChI=1S/C25H31F/c1-2-3-4-13-24-14-17-25(18-15-24,19-16-24)22-9-5-20(6-10-22)21-7-11-23(26)12-8-21/h5-12H,2-4,13-19H2,1H3. The first-order valence-electron chi connectivity index (χ1n) is 10.5. The minimum atomic E-state index is -0.170. The van der Waals surface area contributed by atoms with Gasteiger partial charge in [0.25, 0.3) is 0 Å². The number of hydrogen-bond acceptors (Lipinski definition) is 0. The largest absolute Gasteiger partial charge is 0.207 e. The molecule has 0 atom stereocenters. The van der Waals surface area contributed by atoms with Crippen LogP contribution in [-0.2, 0) is 5.41 Å². The zero-order valence-corrected chi connectivity index (χ0v) is 16.1. The van der Waals surface area contributed by atoms with Crippen LogP contribution in [0.4, 0.5) is 4.39 Å². The van der Waals surface area contributed by atoms with E-state index >= 15 is 0 Å². The quantitative estimate of drug-likeness (QED) is 0.469. The van der Waals surface area contributed by atoms with Gasteiger partial charge in [0, 0.05) is 0 Å². The molecule has 1 heteroatoms. The summed E-state index contributed by atoms with van der Waals surface area (Å²) >= 11 is 0. The van der Waals surface area contributed by atoms with E-state index in [-0.39, 0.29) is 5.82 Å². The van der Waals surface area contributed by atoms with Crippen LogP contribution in [0.1, 0.15) is 76.7 Å². The van der Waals surface area contributed by atoms with Gasteiger partial charge in [-0.2, -0.15) is 0 Å². The molecule has 0 nitrogen and oxygen atoms in total. The van der Waals surface area contributed by atoms with Crippen molar-refractivity contribution in [3.05, 3.63) is 59.9 Å². The topological polar surface area (TPSA) is 0 Å². The van der Waals surface area contributed by atoms with Gasteiger partial charge in [-0.3, -0.25) is 0 Å². The zero-order chi connectivity index (χ0) is 18.0. The molecule has 3 fully saturated rings. The molecule has 0 N–H and O–H groups in total. The molecular weight excluding hydrogens is 319 g/mol. The second-order valence-corrected chi connectivity index (χ2v) is 8.82. The lowest BCUT2D eigenvalue weighted by Crippen LogP contribution is -2.44. The molecule has 2 bridgehead atoms. The van der Waals surface area contributed by atoms with Gasteiger partial charge in [-0.1, -0.05) is 62.6 Å². The van der Waals surface area contributed by atoms with Crippen LogP contribution in [-0.4, -0.2) is 0 Å². The minimum absolute atomic E-state index is 0.170. The Morgan fingerprint density at radius 1 is 0.731 bits per heavy atom. The molecule has 3 aliphatic rings. The van der Waals surface area contributed by atoms with Crippen molar-refractivity contribution in [1.29, 1.82) is 0 Å². The van der Waals surface area contributed by atoms with Crippen LogP contribution in [0, 0.1) is 11.2 Å². The highest BCUT2D eigenvalue weighted by molar-refractivity contribution is 5.63. The highest BCUT2D eigenvalue weighted by Crippen LogP contribution is 2.59. The number of rotatable bonds is 6. The molecule has 0 radical (unpaired) electrons.